The van der Waals surface area contributed by atoms with Crippen LogP contribution in [0.2, 0.25) is 0 Å². The van der Waals surface area contributed by atoms with Gasteiger partial charge in [0.15, 0.2) is 0 Å². The van der Waals surface area contributed by atoms with Crippen molar-refractivity contribution < 1.29 is 14.3 Å². The van der Waals surface area contributed by atoms with Crippen LogP contribution in [0.25, 0.3) is 0 Å². The molecule has 1 saturated carbocycles. The molecule has 8 heteroatoms. The summed E-state index contributed by atoms with van der Waals surface area (Å²) in [4.78, 5) is 15.1. The Morgan fingerprint density at radius 1 is 1.34 bits per heavy atom. The number of methoxy groups -OCH3 is 1. The minimum Gasteiger partial charge on any atom is -0.385 e. The van der Waals surface area contributed by atoms with E-state index in [9.17, 15) is 4.79 Å². The lowest BCUT2D eigenvalue weighted by molar-refractivity contribution is -0.146. The van der Waals surface area contributed by atoms with Crippen LogP contribution in [-0.4, -0.2) is 73.3 Å². The van der Waals surface area contributed by atoms with Gasteiger partial charge in [-0.15, -0.1) is 0 Å². The van der Waals surface area contributed by atoms with Crippen molar-refractivity contribution >= 4 is 17.4 Å². The third-order valence-electron chi connectivity index (χ3n) is 5.87. The first-order valence-corrected chi connectivity index (χ1v) is 11.4. The third kappa shape index (κ3) is 5.56. The van der Waals surface area contributed by atoms with Crippen molar-refractivity contribution in [2.75, 3.05) is 45.3 Å². The molecule has 8 nitrogen and oxygen atoms in total. The predicted octanol–water partition coefficient (Wildman–Crippen LogP) is 2.29. The van der Waals surface area contributed by atoms with Gasteiger partial charge in [0, 0.05) is 69.6 Å². The molecule has 1 atom stereocenters. The van der Waals surface area contributed by atoms with Gasteiger partial charge in [-0.05, 0) is 49.1 Å². The Morgan fingerprint density at radius 2 is 2.16 bits per heavy atom. The number of carbonyl (C=O) groups excluding carboxylic acids is 1. The second-order valence-corrected chi connectivity index (χ2v) is 8.35. The molecule has 1 saturated heterocycles. The molecule has 3 N–H and O–H groups in total. The number of ether oxygens (including phenoxy) is 2. The van der Waals surface area contributed by atoms with Crippen LogP contribution < -0.4 is 10.6 Å². The predicted molar refractivity (Wildman–Crippen MR) is 124 cm³/mol. The first-order valence-electron chi connectivity index (χ1n) is 11.4. The lowest BCUT2D eigenvalue weighted by Gasteiger charge is -2.30. The van der Waals surface area contributed by atoms with Gasteiger partial charge < -0.3 is 29.6 Å². The average Bonchev–Trinajstić information content (AvgIpc) is 3.52. The fraction of sp³-hybridized carbons (Fsp3) is 0.500. The number of nitrogens with one attached hydrogen (secondary N) is 3. The fourth-order valence-corrected chi connectivity index (χ4v) is 3.98. The van der Waals surface area contributed by atoms with Gasteiger partial charge in [-0.25, -0.2) is 0 Å². The van der Waals surface area contributed by atoms with Crippen LogP contribution in [-0.2, 0) is 20.8 Å². The van der Waals surface area contributed by atoms with Crippen molar-refractivity contribution in [3.05, 3.63) is 53.9 Å². The molecule has 4 rings (SSSR count). The smallest absolute Gasteiger partial charge is 0.253 e. The van der Waals surface area contributed by atoms with Crippen molar-refractivity contribution in [3.63, 3.8) is 0 Å². The molecule has 1 amide bonds. The van der Waals surface area contributed by atoms with Crippen molar-refractivity contribution in [1.82, 2.24) is 14.8 Å². The van der Waals surface area contributed by atoms with Gasteiger partial charge in [0.25, 0.3) is 5.91 Å². The summed E-state index contributed by atoms with van der Waals surface area (Å²) in [6.45, 7) is 3.90. The first-order chi connectivity index (χ1) is 15.7. The summed E-state index contributed by atoms with van der Waals surface area (Å²) in [5.74, 6) is 0.478. The number of hydrogen-bond acceptors (Lipinski definition) is 6. The molecule has 1 aromatic carbocycles. The third-order valence-corrected chi connectivity index (χ3v) is 5.87. The topological polar surface area (TPSA) is 91.6 Å². The minimum atomic E-state index is -0.405. The molecule has 2 aliphatic rings. The maximum absolute atomic E-state index is 13.1. The number of morpholine rings is 1. The van der Waals surface area contributed by atoms with Gasteiger partial charge in [-0.3, -0.25) is 10.2 Å². The summed E-state index contributed by atoms with van der Waals surface area (Å²) in [6.07, 6.45) is 6.30. The van der Waals surface area contributed by atoms with E-state index >= 15 is 0 Å². The molecule has 1 aromatic heterocycles. The SMILES string of the molecule is COCCCNc1cc(CN(C(=O)[C@H]2CNCCO2)C2CC2)ccc1C(=N)n1cccc1. The van der Waals surface area contributed by atoms with E-state index in [0.717, 1.165) is 49.2 Å². The standard InChI is InChI=1S/C24H33N5O3/c1-31-13-4-9-27-21-15-18(5-8-20(21)23(25)28-11-2-3-12-28)17-29(19-6-7-19)24(30)22-16-26-10-14-32-22/h2-3,5,8,11-12,15,19,22,25-27H,4,6-7,9-10,13-14,16-17H2,1H3/t22-/m1/s1. The van der Waals surface area contributed by atoms with Gasteiger partial charge in [-0.1, -0.05) is 6.07 Å². The molecule has 1 aliphatic carbocycles. The number of hydrogen-bond donors (Lipinski definition) is 3. The van der Waals surface area contributed by atoms with E-state index in [2.05, 4.69) is 16.7 Å². The van der Waals surface area contributed by atoms with E-state index in [4.69, 9.17) is 14.9 Å². The molecule has 2 fully saturated rings. The van der Waals surface area contributed by atoms with Gasteiger partial charge in [0.2, 0.25) is 0 Å². The maximum atomic E-state index is 13.1. The number of amides is 1. The highest BCUT2D eigenvalue weighted by Gasteiger charge is 2.36. The minimum absolute atomic E-state index is 0.0680. The van der Waals surface area contributed by atoms with Crippen LogP contribution in [0.15, 0.2) is 42.7 Å². The van der Waals surface area contributed by atoms with Gasteiger partial charge in [-0.2, -0.15) is 0 Å². The molecule has 0 radical (unpaired) electrons. The zero-order valence-corrected chi connectivity index (χ0v) is 18.7. The fourth-order valence-electron chi connectivity index (χ4n) is 3.98. The zero-order chi connectivity index (χ0) is 22.3. The summed E-state index contributed by atoms with van der Waals surface area (Å²) < 4.78 is 12.7. The van der Waals surface area contributed by atoms with Crippen molar-refractivity contribution in [2.45, 2.75) is 38.0 Å². The summed E-state index contributed by atoms with van der Waals surface area (Å²) in [6, 6.07) is 10.2. The Bertz CT molecular complexity index is 904. The van der Waals surface area contributed by atoms with E-state index in [0.29, 0.717) is 38.2 Å². The summed E-state index contributed by atoms with van der Waals surface area (Å²) in [7, 11) is 1.70. The van der Waals surface area contributed by atoms with E-state index in [-0.39, 0.29) is 5.91 Å². The van der Waals surface area contributed by atoms with Gasteiger partial charge in [0.05, 0.1) is 6.61 Å². The number of anilines is 1. The van der Waals surface area contributed by atoms with Crippen LogP contribution in [0, 0.1) is 5.41 Å². The molecule has 0 spiro atoms. The summed E-state index contributed by atoms with van der Waals surface area (Å²) in [5, 5.41) is 15.4. The molecule has 172 valence electrons. The molecule has 2 heterocycles. The van der Waals surface area contributed by atoms with Crippen LogP contribution in [0.3, 0.4) is 0 Å². The Hall–Kier alpha value is -2.68. The second kappa shape index (κ2) is 10.8. The Balaban J connectivity index is 1.53. The summed E-state index contributed by atoms with van der Waals surface area (Å²) >= 11 is 0. The number of nitrogens with zero attached hydrogens (tertiary/aromatic N) is 2. The van der Waals surface area contributed by atoms with E-state index in [1.165, 1.54) is 0 Å². The van der Waals surface area contributed by atoms with Gasteiger partial charge in [0.1, 0.15) is 11.9 Å². The van der Waals surface area contributed by atoms with Crippen molar-refractivity contribution in [3.8, 4) is 0 Å². The lowest BCUT2D eigenvalue weighted by atomic mass is 10.1. The van der Waals surface area contributed by atoms with Crippen LogP contribution in [0.4, 0.5) is 5.69 Å². The quantitative estimate of drug-likeness (QED) is 0.300. The van der Waals surface area contributed by atoms with E-state index in [1.807, 2.05) is 41.6 Å². The second-order valence-electron chi connectivity index (χ2n) is 8.35. The van der Waals surface area contributed by atoms with E-state index < -0.39 is 6.10 Å². The monoisotopic (exact) mass is 439 g/mol. The molecule has 2 aromatic rings. The normalized spacial score (nSPS) is 18.3. The maximum Gasteiger partial charge on any atom is 0.253 e. The Kier molecular flexibility index (Phi) is 7.57. The lowest BCUT2D eigenvalue weighted by Crippen LogP contribution is -2.49. The number of benzene rings is 1. The molecule has 1 aliphatic heterocycles. The molecular formula is C24H33N5O3. The van der Waals surface area contributed by atoms with Gasteiger partial charge >= 0.3 is 0 Å². The molecule has 0 unspecified atom stereocenters. The van der Waals surface area contributed by atoms with Crippen molar-refractivity contribution in [2.24, 2.45) is 0 Å². The molecule has 0 bridgehead atoms. The van der Waals surface area contributed by atoms with Crippen molar-refractivity contribution in [1.29, 1.82) is 5.41 Å². The highest BCUT2D eigenvalue weighted by molar-refractivity contribution is 6.03. The van der Waals surface area contributed by atoms with Crippen LogP contribution in [0.5, 0.6) is 0 Å². The van der Waals surface area contributed by atoms with Crippen LogP contribution >= 0.6 is 0 Å². The highest BCUT2D eigenvalue weighted by atomic mass is 16.5. The largest absolute Gasteiger partial charge is 0.385 e. The van der Waals surface area contributed by atoms with E-state index in [1.54, 1.807) is 11.7 Å². The molecule has 32 heavy (non-hydrogen) atoms. The number of aromatic nitrogens is 1. The molecular weight excluding hydrogens is 406 g/mol. The first kappa shape index (κ1) is 22.5. The average molecular weight is 440 g/mol. The summed E-state index contributed by atoms with van der Waals surface area (Å²) in [5.41, 5.74) is 2.77. The Labute approximate surface area is 189 Å². The number of rotatable bonds is 10. The zero-order valence-electron chi connectivity index (χ0n) is 18.7. The number of carbonyl (C=O) groups is 1. The van der Waals surface area contributed by atoms with Crippen LogP contribution in [0.1, 0.15) is 30.4 Å². The Morgan fingerprint density at radius 3 is 2.84 bits per heavy atom. The highest BCUT2D eigenvalue weighted by Crippen LogP contribution is 2.30.